The van der Waals surface area contributed by atoms with Crippen molar-refractivity contribution in [3.05, 3.63) is 94.8 Å². The Morgan fingerprint density at radius 2 is 1.68 bits per heavy atom. The van der Waals surface area contributed by atoms with Crippen LogP contribution in [0, 0.1) is 12.7 Å². The van der Waals surface area contributed by atoms with E-state index in [9.17, 15) is 22.4 Å². The maximum Gasteiger partial charge on any atom is 0.264 e. The van der Waals surface area contributed by atoms with Crippen LogP contribution in [-0.2, 0) is 26.2 Å². The number of carbonyl (C=O) groups excluding carboxylic acids is 2. The van der Waals surface area contributed by atoms with Crippen molar-refractivity contribution in [3.63, 3.8) is 0 Å². The fourth-order valence-corrected chi connectivity index (χ4v) is 6.62. The minimum atomic E-state index is -4.17. The number of hydrogen-bond acceptors (Lipinski definition) is 4. The Bertz CT molecular complexity index is 1450. The number of amides is 2. The van der Waals surface area contributed by atoms with Crippen LogP contribution in [-0.4, -0.2) is 43.8 Å². The first-order valence-corrected chi connectivity index (χ1v) is 15.1. The summed E-state index contributed by atoms with van der Waals surface area (Å²) in [7, 11) is -4.17. The molecule has 1 saturated carbocycles. The highest BCUT2D eigenvalue weighted by molar-refractivity contribution is 7.92. The molecule has 0 aromatic heterocycles. The molecule has 0 radical (unpaired) electrons. The molecule has 1 aliphatic carbocycles. The van der Waals surface area contributed by atoms with Gasteiger partial charge in [-0.3, -0.25) is 13.9 Å². The van der Waals surface area contributed by atoms with Crippen molar-refractivity contribution in [2.45, 2.75) is 63.1 Å². The van der Waals surface area contributed by atoms with Crippen molar-refractivity contribution in [2.24, 2.45) is 0 Å². The fourth-order valence-electron chi connectivity index (χ4n) is 4.89. The minimum absolute atomic E-state index is 0.00279. The quantitative estimate of drug-likeness (QED) is 0.342. The lowest BCUT2D eigenvalue weighted by molar-refractivity contribution is -0.139. The topological polar surface area (TPSA) is 86.8 Å². The molecule has 7 nitrogen and oxygen atoms in total. The molecule has 10 heteroatoms. The molecule has 40 heavy (non-hydrogen) atoms. The number of sulfonamides is 1. The third kappa shape index (κ3) is 7.01. The van der Waals surface area contributed by atoms with E-state index in [-0.39, 0.29) is 23.4 Å². The van der Waals surface area contributed by atoms with Crippen LogP contribution in [0.1, 0.15) is 43.7 Å². The van der Waals surface area contributed by atoms with E-state index in [2.05, 4.69) is 5.32 Å². The zero-order valence-corrected chi connectivity index (χ0v) is 24.1. The molecule has 0 heterocycles. The summed E-state index contributed by atoms with van der Waals surface area (Å²) in [6.45, 7) is 2.78. The lowest BCUT2D eigenvalue weighted by atomic mass is 10.1. The van der Waals surface area contributed by atoms with E-state index < -0.39 is 34.3 Å². The van der Waals surface area contributed by atoms with Gasteiger partial charge in [0.25, 0.3) is 10.0 Å². The molecule has 4 rings (SSSR count). The van der Waals surface area contributed by atoms with Gasteiger partial charge in [-0.2, -0.15) is 0 Å². The highest BCUT2D eigenvalue weighted by Crippen LogP contribution is 2.29. The maximum absolute atomic E-state index is 14.0. The second-order valence-corrected chi connectivity index (χ2v) is 12.4. The van der Waals surface area contributed by atoms with Gasteiger partial charge in [0, 0.05) is 17.6 Å². The van der Waals surface area contributed by atoms with Gasteiger partial charge >= 0.3 is 0 Å². The van der Waals surface area contributed by atoms with Crippen LogP contribution < -0.4 is 9.62 Å². The largest absolute Gasteiger partial charge is 0.352 e. The molecule has 0 bridgehead atoms. The second kappa shape index (κ2) is 12.8. The summed E-state index contributed by atoms with van der Waals surface area (Å²) in [5.74, 6) is -1.32. The molecule has 3 aromatic carbocycles. The summed E-state index contributed by atoms with van der Waals surface area (Å²) in [6.07, 6.45) is 3.82. The number of nitrogens with one attached hydrogen (secondary N) is 1. The summed E-state index contributed by atoms with van der Waals surface area (Å²) in [5.41, 5.74) is 1.47. The molecule has 2 amide bonds. The number of carbonyl (C=O) groups is 2. The molecule has 0 spiro atoms. The molecule has 0 aliphatic heterocycles. The van der Waals surface area contributed by atoms with Crippen LogP contribution in [0.2, 0.25) is 5.02 Å². The van der Waals surface area contributed by atoms with E-state index in [4.69, 9.17) is 11.6 Å². The first kappa shape index (κ1) is 29.6. The van der Waals surface area contributed by atoms with Crippen molar-refractivity contribution in [2.75, 3.05) is 10.8 Å². The van der Waals surface area contributed by atoms with Gasteiger partial charge in [0.05, 0.1) is 10.6 Å². The third-order valence-electron chi connectivity index (χ3n) is 7.17. The highest BCUT2D eigenvalue weighted by Gasteiger charge is 2.33. The number of anilines is 1. The molecule has 1 fully saturated rings. The van der Waals surface area contributed by atoms with Gasteiger partial charge in [-0.1, -0.05) is 54.8 Å². The van der Waals surface area contributed by atoms with Crippen molar-refractivity contribution < 1.29 is 22.4 Å². The Morgan fingerprint density at radius 3 is 2.30 bits per heavy atom. The second-order valence-electron chi connectivity index (χ2n) is 10.1. The zero-order valence-electron chi connectivity index (χ0n) is 22.5. The van der Waals surface area contributed by atoms with Crippen molar-refractivity contribution in [1.82, 2.24) is 10.2 Å². The first-order chi connectivity index (χ1) is 19.1. The number of halogens is 2. The lowest BCUT2D eigenvalue weighted by Gasteiger charge is -2.33. The Hall–Kier alpha value is -3.43. The molecule has 1 N–H and O–H groups in total. The predicted octanol–water partition coefficient (Wildman–Crippen LogP) is 5.46. The van der Waals surface area contributed by atoms with Crippen LogP contribution in [0.5, 0.6) is 0 Å². The van der Waals surface area contributed by atoms with Crippen LogP contribution >= 0.6 is 11.6 Å². The number of nitrogens with zero attached hydrogens (tertiary/aromatic N) is 2. The predicted molar refractivity (Wildman–Crippen MR) is 154 cm³/mol. The van der Waals surface area contributed by atoms with Gasteiger partial charge in [-0.25, -0.2) is 12.8 Å². The van der Waals surface area contributed by atoms with E-state index in [1.807, 2.05) is 0 Å². The van der Waals surface area contributed by atoms with Crippen molar-refractivity contribution in [1.29, 1.82) is 0 Å². The number of hydrogen-bond donors (Lipinski definition) is 1. The molecule has 1 aliphatic rings. The van der Waals surface area contributed by atoms with Gasteiger partial charge in [-0.05, 0) is 80.3 Å². The van der Waals surface area contributed by atoms with E-state index in [1.165, 1.54) is 29.2 Å². The Balaban J connectivity index is 1.70. The highest BCUT2D eigenvalue weighted by atomic mass is 35.5. The Morgan fingerprint density at radius 1 is 1.02 bits per heavy atom. The smallest absolute Gasteiger partial charge is 0.264 e. The van der Waals surface area contributed by atoms with E-state index in [0.29, 0.717) is 21.8 Å². The molecular formula is C30H33ClFN3O4S. The van der Waals surface area contributed by atoms with Gasteiger partial charge < -0.3 is 10.2 Å². The monoisotopic (exact) mass is 585 g/mol. The number of rotatable bonds is 10. The summed E-state index contributed by atoms with van der Waals surface area (Å²) in [6, 6.07) is 17.4. The lowest BCUT2D eigenvalue weighted by Crippen LogP contribution is -2.52. The number of benzene rings is 3. The van der Waals surface area contributed by atoms with Crippen LogP contribution in [0.3, 0.4) is 0 Å². The van der Waals surface area contributed by atoms with Gasteiger partial charge in [0.2, 0.25) is 11.8 Å². The average Bonchev–Trinajstić information content (AvgIpc) is 3.45. The van der Waals surface area contributed by atoms with Crippen molar-refractivity contribution >= 4 is 39.1 Å². The SMILES string of the molecule is Cc1cc(Cl)ccc1N(CC(=O)N(Cc1ccc(F)cc1)[C@@H](C)C(=O)NC1CCCC1)S(=O)(=O)c1ccccc1. The van der Waals surface area contributed by atoms with E-state index in [0.717, 1.165) is 30.0 Å². The minimum Gasteiger partial charge on any atom is -0.352 e. The van der Waals surface area contributed by atoms with Gasteiger partial charge in [-0.15, -0.1) is 0 Å². The number of aryl methyl sites for hydroxylation is 1. The Kier molecular flexibility index (Phi) is 9.48. The average molecular weight is 586 g/mol. The summed E-state index contributed by atoms with van der Waals surface area (Å²) in [4.78, 5) is 28.6. The normalized spacial score (nSPS) is 14.5. The van der Waals surface area contributed by atoms with Crippen molar-refractivity contribution in [3.8, 4) is 0 Å². The Labute approximate surface area is 240 Å². The molecule has 0 saturated heterocycles. The maximum atomic E-state index is 14.0. The molecule has 212 valence electrons. The van der Waals surface area contributed by atoms with Gasteiger partial charge in [0.15, 0.2) is 0 Å². The standard InChI is InChI=1S/C30H33ClFN3O4S/c1-21-18-24(31)14-17-28(21)35(40(38,39)27-10-4-3-5-11-27)20-29(36)34(19-23-12-15-25(32)16-13-23)22(2)30(37)33-26-8-6-7-9-26/h3-5,10-18,22,26H,6-9,19-20H2,1-2H3,(H,33,37)/t22-/m0/s1. The summed E-state index contributed by atoms with van der Waals surface area (Å²) < 4.78 is 42.4. The molecular weight excluding hydrogens is 553 g/mol. The van der Waals surface area contributed by atoms with E-state index >= 15 is 0 Å². The summed E-state index contributed by atoms with van der Waals surface area (Å²) in [5, 5.41) is 3.46. The molecule has 3 aromatic rings. The van der Waals surface area contributed by atoms with Crippen LogP contribution in [0.4, 0.5) is 10.1 Å². The third-order valence-corrected chi connectivity index (χ3v) is 9.18. The zero-order chi connectivity index (χ0) is 28.9. The fraction of sp³-hybridized carbons (Fsp3) is 0.333. The molecule has 1 atom stereocenters. The first-order valence-electron chi connectivity index (χ1n) is 13.2. The van der Waals surface area contributed by atoms with Crippen LogP contribution in [0.25, 0.3) is 0 Å². The summed E-state index contributed by atoms with van der Waals surface area (Å²) >= 11 is 6.14. The van der Waals surface area contributed by atoms with Gasteiger partial charge in [0.1, 0.15) is 18.4 Å². The molecule has 0 unspecified atom stereocenters. The van der Waals surface area contributed by atoms with Crippen LogP contribution in [0.15, 0.2) is 77.7 Å². The van der Waals surface area contributed by atoms with E-state index in [1.54, 1.807) is 62.4 Å².